The monoisotopic (exact) mass is 250 g/mol. The number of aromatic amines is 1. The van der Waals surface area contributed by atoms with Crippen LogP contribution < -0.4 is 0 Å². The number of hydrogen-bond acceptors (Lipinski definition) is 5. The SMILES string of the molecule is OC1(CSc2ncnc3nc[nH]c23)CCCC1. The molecule has 90 valence electrons. The second kappa shape index (κ2) is 4.27. The van der Waals surface area contributed by atoms with E-state index in [0.717, 1.165) is 36.2 Å². The molecule has 0 saturated heterocycles. The van der Waals surface area contributed by atoms with Crippen molar-refractivity contribution < 1.29 is 5.11 Å². The molecule has 0 radical (unpaired) electrons. The van der Waals surface area contributed by atoms with Crippen molar-refractivity contribution in [3.8, 4) is 0 Å². The maximum Gasteiger partial charge on any atom is 0.181 e. The zero-order valence-electron chi connectivity index (χ0n) is 9.39. The number of nitrogens with zero attached hydrogens (tertiary/aromatic N) is 3. The third-order valence-corrected chi connectivity index (χ3v) is 4.46. The third kappa shape index (κ3) is 2.14. The first kappa shape index (κ1) is 11.0. The lowest BCUT2D eigenvalue weighted by atomic mass is 10.1. The van der Waals surface area contributed by atoms with E-state index in [1.807, 2.05) is 0 Å². The summed E-state index contributed by atoms with van der Waals surface area (Å²) in [4.78, 5) is 15.4. The molecule has 2 aromatic rings. The normalized spacial score (nSPS) is 18.9. The van der Waals surface area contributed by atoms with E-state index in [9.17, 15) is 5.11 Å². The first-order valence-electron chi connectivity index (χ1n) is 5.76. The van der Waals surface area contributed by atoms with Crippen LogP contribution in [0, 0.1) is 0 Å². The van der Waals surface area contributed by atoms with Crippen molar-refractivity contribution in [1.82, 2.24) is 19.9 Å². The predicted molar refractivity (Wildman–Crippen MR) is 65.8 cm³/mol. The molecule has 0 spiro atoms. The highest BCUT2D eigenvalue weighted by Crippen LogP contribution is 2.35. The van der Waals surface area contributed by atoms with Gasteiger partial charge in [-0.25, -0.2) is 15.0 Å². The lowest BCUT2D eigenvalue weighted by Crippen LogP contribution is -2.27. The largest absolute Gasteiger partial charge is 0.389 e. The fraction of sp³-hybridized carbons (Fsp3) is 0.545. The summed E-state index contributed by atoms with van der Waals surface area (Å²) in [6.07, 6.45) is 7.19. The molecule has 0 amide bonds. The second-order valence-electron chi connectivity index (χ2n) is 4.50. The van der Waals surface area contributed by atoms with Crippen LogP contribution in [0.25, 0.3) is 11.2 Å². The van der Waals surface area contributed by atoms with Crippen LogP contribution in [0.4, 0.5) is 0 Å². The minimum absolute atomic E-state index is 0.512. The average Bonchev–Trinajstić information content (AvgIpc) is 2.95. The minimum atomic E-state index is -0.512. The molecule has 0 atom stereocenters. The van der Waals surface area contributed by atoms with Gasteiger partial charge in [0.15, 0.2) is 5.65 Å². The molecule has 2 N–H and O–H groups in total. The fourth-order valence-corrected chi connectivity index (χ4v) is 3.34. The van der Waals surface area contributed by atoms with E-state index in [1.54, 1.807) is 18.1 Å². The maximum atomic E-state index is 10.3. The van der Waals surface area contributed by atoms with Gasteiger partial charge in [0, 0.05) is 5.75 Å². The third-order valence-electron chi connectivity index (χ3n) is 3.20. The Morgan fingerprint density at radius 3 is 2.94 bits per heavy atom. The van der Waals surface area contributed by atoms with Crippen LogP contribution >= 0.6 is 11.8 Å². The highest BCUT2D eigenvalue weighted by atomic mass is 32.2. The number of aromatic nitrogens is 4. The second-order valence-corrected chi connectivity index (χ2v) is 5.46. The Bertz CT molecular complexity index is 521. The number of aliphatic hydroxyl groups is 1. The number of hydrogen-bond donors (Lipinski definition) is 2. The van der Waals surface area contributed by atoms with Gasteiger partial charge in [-0.2, -0.15) is 0 Å². The van der Waals surface area contributed by atoms with Crippen LogP contribution in [-0.4, -0.2) is 36.4 Å². The molecular weight excluding hydrogens is 236 g/mol. The van der Waals surface area contributed by atoms with E-state index in [0.29, 0.717) is 11.4 Å². The lowest BCUT2D eigenvalue weighted by molar-refractivity contribution is 0.0732. The smallest absolute Gasteiger partial charge is 0.181 e. The molecule has 1 saturated carbocycles. The molecule has 0 unspecified atom stereocenters. The molecule has 6 heteroatoms. The van der Waals surface area contributed by atoms with E-state index in [4.69, 9.17) is 0 Å². The van der Waals surface area contributed by atoms with Crippen LogP contribution in [0.5, 0.6) is 0 Å². The van der Waals surface area contributed by atoms with Gasteiger partial charge in [0.1, 0.15) is 16.9 Å². The fourth-order valence-electron chi connectivity index (χ4n) is 2.23. The molecule has 1 aliphatic rings. The average molecular weight is 250 g/mol. The van der Waals surface area contributed by atoms with Crippen molar-refractivity contribution in [2.24, 2.45) is 0 Å². The van der Waals surface area contributed by atoms with Gasteiger partial charge in [-0.3, -0.25) is 0 Å². The number of rotatable bonds is 3. The number of H-pyrrole nitrogens is 1. The van der Waals surface area contributed by atoms with Gasteiger partial charge in [-0.1, -0.05) is 12.8 Å². The van der Waals surface area contributed by atoms with Gasteiger partial charge in [0.25, 0.3) is 0 Å². The summed E-state index contributed by atoms with van der Waals surface area (Å²) < 4.78 is 0. The van der Waals surface area contributed by atoms with Crippen molar-refractivity contribution in [1.29, 1.82) is 0 Å². The molecule has 3 rings (SSSR count). The van der Waals surface area contributed by atoms with Gasteiger partial charge in [-0.05, 0) is 12.8 Å². The highest BCUT2D eigenvalue weighted by Gasteiger charge is 2.31. The van der Waals surface area contributed by atoms with E-state index in [-0.39, 0.29) is 0 Å². The van der Waals surface area contributed by atoms with Gasteiger partial charge >= 0.3 is 0 Å². The van der Waals surface area contributed by atoms with Crippen LogP contribution in [0.15, 0.2) is 17.7 Å². The summed E-state index contributed by atoms with van der Waals surface area (Å²) >= 11 is 1.58. The number of fused-ring (bicyclic) bond motifs is 1. The van der Waals surface area contributed by atoms with E-state index in [1.165, 1.54) is 6.33 Å². The summed E-state index contributed by atoms with van der Waals surface area (Å²) in [5.74, 6) is 0.693. The minimum Gasteiger partial charge on any atom is -0.389 e. The van der Waals surface area contributed by atoms with E-state index in [2.05, 4.69) is 19.9 Å². The molecule has 2 heterocycles. The Kier molecular flexibility index (Phi) is 2.76. The molecule has 0 bridgehead atoms. The zero-order chi connectivity index (χ0) is 11.7. The Hall–Kier alpha value is -1.14. The highest BCUT2D eigenvalue weighted by molar-refractivity contribution is 7.99. The Balaban J connectivity index is 1.78. The molecule has 5 nitrogen and oxygen atoms in total. The first-order chi connectivity index (χ1) is 8.27. The van der Waals surface area contributed by atoms with Crippen molar-refractivity contribution in [2.75, 3.05) is 5.75 Å². The quantitative estimate of drug-likeness (QED) is 0.641. The molecule has 1 aliphatic carbocycles. The number of thioether (sulfide) groups is 1. The van der Waals surface area contributed by atoms with Gasteiger partial charge in [0.05, 0.1) is 11.9 Å². The Morgan fingerprint density at radius 2 is 2.12 bits per heavy atom. The lowest BCUT2D eigenvalue weighted by Gasteiger charge is -2.20. The maximum absolute atomic E-state index is 10.3. The van der Waals surface area contributed by atoms with Crippen molar-refractivity contribution in [3.63, 3.8) is 0 Å². The summed E-state index contributed by atoms with van der Waals surface area (Å²) in [7, 11) is 0. The standard InChI is InChI=1S/C11H14N4OS/c16-11(3-1-2-4-11)5-17-10-8-9(13-6-12-8)14-7-15-10/h6-7,16H,1-5H2,(H,12,13,14,15). The Morgan fingerprint density at radius 1 is 1.29 bits per heavy atom. The molecule has 2 aromatic heterocycles. The zero-order valence-corrected chi connectivity index (χ0v) is 10.2. The summed E-state index contributed by atoms with van der Waals surface area (Å²) in [5, 5.41) is 11.2. The predicted octanol–water partition coefficient (Wildman–Crippen LogP) is 1.75. The molecular formula is C11H14N4OS. The summed E-state index contributed by atoms with van der Waals surface area (Å²) in [6, 6.07) is 0. The van der Waals surface area contributed by atoms with E-state index >= 15 is 0 Å². The van der Waals surface area contributed by atoms with Gasteiger partial charge < -0.3 is 10.1 Å². The van der Waals surface area contributed by atoms with Crippen molar-refractivity contribution in [3.05, 3.63) is 12.7 Å². The summed E-state index contributed by atoms with van der Waals surface area (Å²) in [5.41, 5.74) is 1.03. The summed E-state index contributed by atoms with van der Waals surface area (Å²) in [6.45, 7) is 0. The number of nitrogens with one attached hydrogen (secondary N) is 1. The first-order valence-corrected chi connectivity index (χ1v) is 6.75. The Labute approximate surface area is 103 Å². The van der Waals surface area contributed by atoms with Gasteiger partial charge in [0.2, 0.25) is 0 Å². The number of imidazole rings is 1. The van der Waals surface area contributed by atoms with Gasteiger partial charge in [-0.15, -0.1) is 11.8 Å². The molecule has 1 fully saturated rings. The van der Waals surface area contributed by atoms with E-state index < -0.39 is 5.60 Å². The van der Waals surface area contributed by atoms with Crippen LogP contribution in [0.2, 0.25) is 0 Å². The molecule has 17 heavy (non-hydrogen) atoms. The van der Waals surface area contributed by atoms with Crippen LogP contribution in [-0.2, 0) is 0 Å². The van der Waals surface area contributed by atoms with Crippen molar-refractivity contribution in [2.45, 2.75) is 36.3 Å². The van der Waals surface area contributed by atoms with Crippen LogP contribution in [0.3, 0.4) is 0 Å². The molecule has 0 aromatic carbocycles. The van der Waals surface area contributed by atoms with Crippen LogP contribution in [0.1, 0.15) is 25.7 Å². The van der Waals surface area contributed by atoms with Crippen molar-refractivity contribution >= 4 is 22.9 Å². The topological polar surface area (TPSA) is 74.7 Å². The molecule has 0 aliphatic heterocycles.